The van der Waals surface area contributed by atoms with Gasteiger partial charge in [0, 0.05) is 52.4 Å². The molecule has 0 bridgehead atoms. The van der Waals surface area contributed by atoms with Gasteiger partial charge in [-0.25, -0.2) is 4.79 Å². The summed E-state index contributed by atoms with van der Waals surface area (Å²) in [6.07, 6.45) is 0.855. The SMILES string of the molecule is CC(=O)NC(CCN1C[C@@H]2CN(C(=O)c3c(C)nc(=O)n(C)c3C)C[C@@H]2C1)c1ccccc1. The fraction of sp³-hybridized carbons (Fsp3) is 0.520. The number of amides is 2. The van der Waals surface area contributed by atoms with Gasteiger partial charge in [-0.05, 0) is 37.7 Å². The number of aryl methyl sites for hydroxylation is 1. The van der Waals surface area contributed by atoms with Crippen LogP contribution in [0.4, 0.5) is 0 Å². The summed E-state index contributed by atoms with van der Waals surface area (Å²) in [7, 11) is 1.65. The maximum atomic E-state index is 13.3. The van der Waals surface area contributed by atoms with Crippen molar-refractivity contribution in [2.45, 2.75) is 33.2 Å². The zero-order valence-corrected chi connectivity index (χ0v) is 19.9. The molecule has 8 nitrogen and oxygen atoms in total. The van der Waals surface area contributed by atoms with Gasteiger partial charge in [0.15, 0.2) is 0 Å². The molecule has 8 heteroatoms. The minimum atomic E-state index is -0.330. The van der Waals surface area contributed by atoms with Gasteiger partial charge in [0.25, 0.3) is 5.91 Å². The Morgan fingerprint density at radius 1 is 1.09 bits per heavy atom. The lowest BCUT2D eigenvalue weighted by Crippen LogP contribution is -2.37. The van der Waals surface area contributed by atoms with Crippen LogP contribution in [-0.2, 0) is 11.8 Å². The van der Waals surface area contributed by atoms with Gasteiger partial charge in [-0.2, -0.15) is 4.98 Å². The first-order valence-corrected chi connectivity index (χ1v) is 11.6. The fourth-order valence-electron chi connectivity index (χ4n) is 5.32. The van der Waals surface area contributed by atoms with Crippen molar-refractivity contribution >= 4 is 11.8 Å². The van der Waals surface area contributed by atoms with Gasteiger partial charge in [-0.3, -0.25) is 14.2 Å². The first kappa shape index (κ1) is 23.2. The second-order valence-corrected chi connectivity index (χ2v) is 9.44. The van der Waals surface area contributed by atoms with E-state index in [1.807, 2.05) is 23.1 Å². The highest BCUT2D eigenvalue weighted by Gasteiger charge is 2.42. The maximum Gasteiger partial charge on any atom is 0.347 e. The Morgan fingerprint density at radius 3 is 2.33 bits per heavy atom. The average molecular weight is 452 g/mol. The normalized spacial score (nSPS) is 21.2. The van der Waals surface area contributed by atoms with E-state index < -0.39 is 0 Å². The first-order valence-electron chi connectivity index (χ1n) is 11.6. The fourth-order valence-corrected chi connectivity index (χ4v) is 5.32. The molecule has 3 atom stereocenters. The van der Waals surface area contributed by atoms with E-state index in [1.165, 1.54) is 4.57 Å². The van der Waals surface area contributed by atoms with Gasteiger partial charge in [0.1, 0.15) is 0 Å². The van der Waals surface area contributed by atoms with Gasteiger partial charge < -0.3 is 15.1 Å². The maximum absolute atomic E-state index is 13.3. The molecular weight excluding hydrogens is 418 g/mol. The van der Waals surface area contributed by atoms with Gasteiger partial charge in [-0.15, -0.1) is 0 Å². The standard InChI is InChI=1S/C25H33N5O3/c1-16-23(17(2)28(4)25(33)26-16)24(32)30-14-20-12-29(13-21(20)15-30)11-10-22(27-18(3)31)19-8-6-5-7-9-19/h5-9,20-22H,10-15H2,1-4H3,(H,27,31)/t20-,21+,22?. The Balaban J connectivity index is 1.36. The number of rotatable bonds is 6. The number of nitrogens with one attached hydrogen (secondary N) is 1. The van der Waals surface area contributed by atoms with Crippen molar-refractivity contribution in [3.05, 3.63) is 63.3 Å². The zero-order chi connectivity index (χ0) is 23.7. The Labute approximate surface area is 194 Å². The molecule has 2 aromatic rings. The summed E-state index contributed by atoms with van der Waals surface area (Å²) < 4.78 is 1.44. The van der Waals surface area contributed by atoms with Gasteiger partial charge in [0.2, 0.25) is 5.91 Å². The van der Waals surface area contributed by atoms with Crippen LogP contribution < -0.4 is 11.0 Å². The van der Waals surface area contributed by atoms with Gasteiger partial charge >= 0.3 is 5.69 Å². The quantitative estimate of drug-likeness (QED) is 0.722. The lowest BCUT2D eigenvalue weighted by Gasteiger charge is -2.25. The number of carbonyl (C=O) groups is 2. The molecule has 1 aromatic carbocycles. The van der Waals surface area contributed by atoms with E-state index in [4.69, 9.17) is 0 Å². The number of likely N-dealkylation sites (tertiary alicyclic amines) is 2. The largest absolute Gasteiger partial charge is 0.349 e. The lowest BCUT2D eigenvalue weighted by molar-refractivity contribution is -0.119. The van der Waals surface area contributed by atoms with Crippen molar-refractivity contribution in [1.29, 1.82) is 0 Å². The minimum absolute atomic E-state index is 0.00499. The topological polar surface area (TPSA) is 87.5 Å². The van der Waals surface area contributed by atoms with Crippen LogP contribution in [0.15, 0.2) is 35.1 Å². The van der Waals surface area contributed by atoms with Crippen molar-refractivity contribution in [2.24, 2.45) is 18.9 Å². The van der Waals surface area contributed by atoms with E-state index in [2.05, 4.69) is 27.3 Å². The smallest absolute Gasteiger partial charge is 0.347 e. The second kappa shape index (κ2) is 9.47. The van der Waals surface area contributed by atoms with Crippen molar-refractivity contribution in [3.8, 4) is 0 Å². The van der Waals surface area contributed by atoms with E-state index in [-0.39, 0.29) is 23.5 Å². The predicted octanol–water partition coefficient (Wildman–Crippen LogP) is 1.67. The van der Waals surface area contributed by atoms with Crippen LogP contribution in [0.1, 0.15) is 46.7 Å². The van der Waals surface area contributed by atoms with Crippen molar-refractivity contribution in [3.63, 3.8) is 0 Å². The molecule has 0 saturated carbocycles. The molecule has 33 heavy (non-hydrogen) atoms. The van der Waals surface area contributed by atoms with Crippen LogP contribution in [0.25, 0.3) is 0 Å². The molecule has 2 aliphatic rings. The number of nitrogens with zero attached hydrogens (tertiary/aromatic N) is 4. The molecule has 2 saturated heterocycles. The molecule has 0 spiro atoms. The summed E-state index contributed by atoms with van der Waals surface area (Å²) in [6.45, 7) is 9.39. The highest BCUT2D eigenvalue weighted by Crippen LogP contribution is 2.33. The minimum Gasteiger partial charge on any atom is -0.349 e. The number of carbonyl (C=O) groups excluding carboxylic acids is 2. The molecule has 0 aliphatic carbocycles. The van der Waals surface area contributed by atoms with Crippen molar-refractivity contribution < 1.29 is 9.59 Å². The molecule has 0 radical (unpaired) electrons. The van der Waals surface area contributed by atoms with E-state index >= 15 is 0 Å². The highest BCUT2D eigenvalue weighted by molar-refractivity contribution is 5.96. The van der Waals surface area contributed by atoms with Crippen LogP contribution in [0.3, 0.4) is 0 Å². The predicted molar refractivity (Wildman–Crippen MR) is 126 cm³/mol. The molecule has 1 unspecified atom stereocenters. The number of aromatic nitrogens is 2. The van der Waals surface area contributed by atoms with Gasteiger partial charge in [-0.1, -0.05) is 30.3 Å². The van der Waals surface area contributed by atoms with E-state index in [9.17, 15) is 14.4 Å². The van der Waals surface area contributed by atoms with Crippen LogP contribution in [-0.4, -0.2) is 63.9 Å². The van der Waals surface area contributed by atoms with Crippen LogP contribution in [0, 0.1) is 25.7 Å². The molecule has 2 amide bonds. The van der Waals surface area contributed by atoms with E-state index in [1.54, 1.807) is 27.8 Å². The summed E-state index contributed by atoms with van der Waals surface area (Å²) in [4.78, 5) is 45.3. The lowest BCUT2D eigenvalue weighted by atomic mass is 10.0. The zero-order valence-electron chi connectivity index (χ0n) is 19.9. The molecule has 2 fully saturated rings. The summed E-state index contributed by atoms with van der Waals surface area (Å²) in [5.74, 6) is 0.857. The number of hydrogen-bond acceptors (Lipinski definition) is 5. The summed E-state index contributed by atoms with van der Waals surface area (Å²) in [5.41, 5.74) is 2.52. The Kier molecular flexibility index (Phi) is 6.65. The third-order valence-electron chi connectivity index (χ3n) is 7.15. The van der Waals surface area contributed by atoms with Gasteiger partial charge in [0.05, 0.1) is 17.3 Å². The number of benzene rings is 1. The average Bonchev–Trinajstić information content (AvgIpc) is 3.34. The van der Waals surface area contributed by atoms with E-state index in [0.717, 1.165) is 44.7 Å². The van der Waals surface area contributed by atoms with Crippen LogP contribution >= 0.6 is 0 Å². The Hall–Kier alpha value is -3.00. The number of fused-ring (bicyclic) bond motifs is 1. The third-order valence-corrected chi connectivity index (χ3v) is 7.15. The Bertz CT molecular complexity index is 1080. The molecule has 1 N–H and O–H groups in total. The molecule has 3 heterocycles. The summed E-state index contributed by atoms with van der Waals surface area (Å²) in [6, 6.07) is 10.1. The van der Waals surface area contributed by atoms with Crippen LogP contribution in [0.2, 0.25) is 0 Å². The monoisotopic (exact) mass is 451 g/mol. The second-order valence-electron chi connectivity index (χ2n) is 9.44. The van der Waals surface area contributed by atoms with E-state index in [0.29, 0.717) is 28.8 Å². The molecule has 2 aliphatic heterocycles. The molecule has 1 aromatic heterocycles. The highest BCUT2D eigenvalue weighted by atomic mass is 16.2. The molecule has 176 valence electrons. The van der Waals surface area contributed by atoms with Crippen molar-refractivity contribution in [2.75, 3.05) is 32.7 Å². The summed E-state index contributed by atoms with van der Waals surface area (Å²) in [5, 5.41) is 3.08. The number of hydrogen-bond donors (Lipinski definition) is 1. The molecular formula is C25H33N5O3. The Morgan fingerprint density at radius 2 is 1.73 bits per heavy atom. The van der Waals surface area contributed by atoms with Crippen LogP contribution in [0.5, 0.6) is 0 Å². The van der Waals surface area contributed by atoms with Crippen molar-refractivity contribution in [1.82, 2.24) is 24.7 Å². The first-order chi connectivity index (χ1) is 15.7. The molecule has 4 rings (SSSR count). The third kappa shape index (κ3) is 4.85. The summed E-state index contributed by atoms with van der Waals surface area (Å²) >= 11 is 0.